The lowest BCUT2D eigenvalue weighted by Crippen LogP contribution is -2.32. The van der Waals surface area contributed by atoms with E-state index in [1.54, 1.807) is 6.07 Å². The predicted octanol–water partition coefficient (Wildman–Crippen LogP) is 6.83. The number of likely N-dealkylation sites (N-methyl/N-ethyl adjacent to an activating group) is 1. The van der Waals surface area contributed by atoms with E-state index in [9.17, 15) is 9.59 Å². The van der Waals surface area contributed by atoms with Crippen LogP contribution in [0.25, 0.3) is 11.1 Å². The number of alkyl carbamates (subject to hydrolysis) is 1. The summed E-state index contributed by atoms with van der Waals surface area (Å²) in [4.78, 5) is 27.1. The Morgan fingerprint density at radius 3 is 2.09 bits per heavy atom. The number of para-hydroxylation sites is 1. The van der Waals surface area contributed by atoms with Gasteiger partial charge in [0, 0.05) is 12.1 Å². The quantitative estimate of drug-likeness (QED) is 0.107. The van der Waals surface area contributed by atoms with Crippen molar-refractivity contribution in [1.82, 2.24) is 10.2 Å². The number of ether oxygens (including phenoxy) is 3. The van der Waals surface area contributed by atoms with Crippen molar-refractivity contribution in [2.24, 2.45) is 0 Å². The summed E-state index contributed by atoms with van der Waals surface area (Å²) in [5.74, 6) is 0.577. The third kappa shape index (κ3) is 9.31. The van der Waals surface area contributed by atoms with Gasteiger partial charge in [0.2, 0.25) is 0 Å². The second-order valence-corrected chi connectivity index (χ2v) is 10.1. The van der Waals surface area contributed by atoms with Crippen molar-refractivity contribution in [3.63, 3.8) is 0 Å². The van der Waals surface area contributed by atoms with E-state index in [1.807, 2.05) is 105 Å². The molecule has 0 saturated carbocycles. The minimum Gasteiger partial charge on any atom is -0.492 e. The fourth-order valence-corrected chi connectivity index (χ4v) is 4.56. The Balaban J connectivity index is 1.56. The Bertz CT molecular complexity index is 1500. The fraction of sp³-hybridized carbons (Fsp3) is 0.222. The molecule has 0 spiro atoms. The predicted molar refractivity (Wildman–Crippen MR) is 170 cm³/mol. The summed E-state index contributed by atoms with van der Waals surface area (Å²) >= 11 is 0. The fourth-order valence-electron chi connectivity index (χ4n) is 4.56. The van der Waals surface area contributed by atoms with Crippen LogP contribution >= 0.6 is 0 Å². The number of esters is 1. The highest BCUT2D eigenvalue weighted by Gasteiger charge is 2.19. The van der Waals surface area contributed by atoms with E-state index in [0.717, 1.165) is 52.1 Å². The van der Waals surface area contributed by atoms with Crippen LogP contribution in [0.4, 0.5) is 4.79 Å². The molecule has 0 bridgehead atoms. The largest absolute Gasteiger partial charge is 0.492 e. The topological polar surface area (TPSA) is 77.1 Å². The lowest BCUT2D eigenvalue weighted by molar-refractivity contribution is -0.133. The average molecular weight is 579 g/mol. The van der Waals surface area contributed by atoms with Crippen LogP contribution < -0.4 is 14.8 Å². The van der Waals surface area contributed by atoms with Crippen LogP contribution in [0.3, 0.4) is 0 Å². The van der Waals surface area contributed by atoms with E-state index in [-0.39, 0.29) is 13.2 Å². The first-order valence-corrected chi connectivity index (χ1v) is 14.4. The molecule has 1 amide bonds. The minimum absolute atomic E-state index is 0.109. The number of nitrogens with one attached hydrogen (secondary N) is 1. The molecule has 0 fully saturated rings. The molecule has 222 valence electrons. The lowest BCUT2D eigenvalue weighted by atomic mass is 9.88. The van der Waals surface area contributed by atoms with E-state index in [0.29, 0.717) is 12.4 Å². The Kier molecular flexibility index (Phi) is 11.5. The zero-order valence-electron chi connectivity index (χ0n) is 24.9. The lowest BCUT2D eigenvalue weighted by Gasteiger charge is -2.19. The van der Waals surface area contributed by atoms with Gasteiger partial charge in [-0.25, -0.2) is 9.59 Å². The van der Waals surface area contributed by atoms with Gasteiger partial charge in [0.1, 0.15) is 31.3 Å². The first-order valence-electron chi connectivity index (χ1n) is 14.4. The van der Waals surface area contributed by atoms with Crippen molar-refractivity contribution in [3.05, 3.63) is 131 Å². The Morgan fingerprint density at radius 1 is 0.767 bits per heavy atom. The second kappa shape index (κ2) is 15.9. The maximum atomic E-state index is 12.9. The normalized spacial score (nSPS) is 11.4. The van der Waals surface area contributed by atoms with Gasteiger partial charge in [-0.3, -0.25) is 0 Å². The maximum Gasteiger partial charge on any atom is 0.407 e. The standard InChI is InChI=1S/C36H38N2O5/c1-4-31(28-15-9-6-10-16-28)35(29-19-21-30(22-20-29)41-24-23-38(2)3)32-17-11-12-18-33(32)43-34(39)25-37-36(40)42-26-27-13-7-5-8-14-27/h5-22H,4,23-26H2,1-3H3,(H,37,40). The van der Waals surface area contributed by atoms with E-state index in [1.165, 1.54) is 0 Å². The number of hydrogen-bond acceptors (Lipinski definition) is 6. The molecule has 0 aliphatic carbocycles. The monoisotopic (exact) mass is 578 g/mol. The third-order valence-corrected chi connectivity index (χ3v) is 6.70. The van der Waals surface area contributed by atoms with Crippen molar-refractivity contribution >= 4 is 23.2 Å². The molecule has 0 aliphatic rings. The maximum absolute atomic E-state index is 12.9. The zero-order chi connectivity index (χ0) is 30.4. The molecule has 0 unspecified atom stereocenters. The molecular weight excluding hydrogens is 540 g/mol. The molecule has 4 aromatic rings. The van der Waals surface area contributed by atoms with Crippen molar-refractivity contribution < 1.29 is 23.8 Å². The summed E-state index contributed by atoms with van der Waals surface area (Å²) in [6.45, 7) is 3.29. The van der Waals surface area contributed by atoms with Crippen LogP contribution in [-0.2, 0) is 16.1 Å². The van der Waals surface area contributed by atoms with Gasteiger partial charge in [-0.15, -0.1) is 0 Å². The number of carbonyl (C=O) groups excluding carboxylic acids is 2. The van der Waals surface area contributed by atoms with Gasteiger partial charge >= 0.3 is 12.1 Å². The van der Waals surface area contributed by atoms with Crippen LogP contribution in [0.5, 0.6) is 11.5 Å². The van der Waals surface area contributed by atoms with Gasteiger partial charge in [-0.05, 0) is 66.6 Å². The molecule has 43 heavy (non-hydrogen) atoms. The molecule has 0 aromatic heterocycles. The van der Waals surface area contributed by atoms with Crippen molar-refractivity contribution in [3.8, 4) is 11.5 Å². The highest BCUT2D eigenvalue weighted by Crippen LogP contribution is 2.39. The molecule has 1 N–H and O–H groups in total. The molecule has 0 saturated heterocycles. The Morgan fingerprint density at radius 2 is 1.42 bits per heavy atom. The number of rotatable bonds is 13. The molecule has 4 aromatic carbocycles. The van der Waals surface area contributed by atoms with Crippen molar-refractivity contribution in [1.29, 1.82) is 0 Å². The number of amides is 1. The first-order chi connectivity index (χ1) is 20.9. The van der Waals surface area contributed by atoms with Gasteiger partial charge in [-0.2, -0.15) is 0 Å². The van der Waals surface area contributed by atoms with Gasteiger partial charge in [-0.1, -0.05) is 97.9 Å². The summed E-state index contributed by atoms with van der Waals surface area (Å²) in [7, 11) is 4.02. The Labute approximate surface area is 253 Å². The van der Waals surface area contributed by atoms with Gasteiger partial charge < -0.3 is 24.4 Å². The van der Waals surface area contributed by atoms with Crippen LogP contribution in [0.1, 0.15) is 35.6 Å². The Hall–Kier alpha value is -4.88. The third-order valence-electron chi connectivity index (χ3n) is 6.70. The summed E-state index contributed by atoms with van der Waals surface area (Å²) in [5, 5.41) is 2.48. The van der Waals surface area contributed by atoms with Crippen LogP contribution in [-0.4, -0.2) is 50.8 Å². The van der Waals surface area contributed by atoms with Crippen molar-refractivity contribution in [2.75, 3.05) is 33.8 Å². The number of allylic oxidation sites excluding steroid dienone is 1. The number of carbonyl (C=O) groups is 2. The highest BCUT2D eigenvalue weighted by molar-refractivity contribution is 6.00. The molecule has 7 heteroatoms. The zero-order valence-corrected chi connectivity index (χ0v) is 24.9. The number of nitrogens with zero attached hydrogens (tertiary/aromatic N) is 1. The van der Waals surface area contributed by atoms with E-state index < -0.39 is 12.1 Å². The number of hydrogen-bond donors (Lipinski definition) is 1. The molecule has 0 aliphatic heterocycles. The van der Waals surface area contributed by atoms with Crippen LogP contribution in [0.2, 0.25) is 0 Å². The second-order valence-electron chi connectivity index (χ2n) is 10.1. The van der Waals surface area contributed by atoms with Gasteiger partial charge in [0.05, 0.1) is 0 Å². The van der Waals surface area contributed by atoms with Crippen molar-refractivity contribution in [2.45, 2.75) is 20.0 Å². The van der Waals surface area contributed by atoms with E-state index in [4.69, 9.17) is 14.2 Å². The average Bonchev–Trinajstić information content (AvgIpc) is 3.03. The molecule has 0 radical (unpaired) electrons. The smallest absolute Gasteiger partial charge is 0.407 e. The molecule has 0 atom stereocenters. The molecule has 4 rings (SSSR count). The molecule has 7 nitrogen and oxygen atoms in total. The molecule has 0 heterocycles. The summed E-state index contributed by atoms with van der Waals surface area (Å²) < 4.78 is 17.0. The summed E-state index contributed by atoms with van der Waals surface area (Å²) in [6, 6.07) is 34.9. The molecular formula is C36H38N2O5. The van der Waals surface area contributed by atoms with Gasteiger partial charge in [0.15, 0.2) is 0 Å². The van der Waals surface area contributed by atoms with E-state index in [2.05, 4.69) is 29.3 Å². The SMILES string of the molecule is CCC(=C(c1ccc(OCCN(C)C)cc1)c1ccccc1OC(=O)CNC(=O)OCc1ccccc1)c1ccccc1. The van der Waals surface area contributed by atoms with Crippen LogP contribution in [0.15, 0.2) is 109 Å². The van der Waals surface area contributed by atoms with Crippen LogP contribution in [0, 0.1) is 0 Å². The summed E-state index contributed by atoms with van der Waals surface area (Å²) in [5.41, 5.74) is 5.72. The number of benzene rings is 4. The summed E-state index contributed by atoms with van der Waals surface area (Å²) in [6.07, 6.45) is 0.0530. The van der Waals surface area contributed by atoms with E-state index >= 15 is 0 Å². The minimum atomic E-state index is -0.695. The first kappa shape index (κ1) is 31.1. The van der Waals surface area contributed by atoms with Gasteiger partial charge in [0.25, 0.3) is 0 Å². The highest BCUT2D eigenvalue weighted by atomic mass is 16.6.